The summed E-state index contributed by atoms with van der Waals surface area (Å²) in [5.41, 5.74) is 7.62. The van der Waals surface area contributed by atoms with Gasteiger partial charge in [-0.3, -0.25) is 0 Å². The Bertz CT molecular complexity index is 340. The largest absolute Gasteiger partial charge is 0.496 e. The van der Waals surface area contributed by atoms with E-state index >= 15 is 0 Å². The van der Waals surface area contributed by atoms with Crippen molar-refractivity contribution in [3.8, 4) is 0 Å². The molecule has 0 spiro atoms. The van der Waals surface area contributed by atoms with Gasteiger partial charge in [-0.15, -0.1) is 0 Å². The van der Waals surface area contributed by atoms with Crippen LogP contribution >= 0.6 is 0 Å². The molecule has 0 aromatic heterocycles. The Kier molecular flexibility index (Phi) is 10.0. The predicted molar refractivity (Wildman–Crippen MR) is 95.1 cm³/mol. The highest BCUT2D eigenvalue weighted by Gasteiger charge is 2.52. The predicted octanol–water partition coefficient (Wildman–Crippen LogP) is 4.87. The minimum Gasteiger partial charge on any atom is -0.403 e. The third-order valence-electron chi connectivity index (χ3n) is 3.37. The lowest BCUT2D eigenvalue weighted by atomic mass is 9.73. The van der Waals surface area contributed by atoms with E-state index in [1.54, 1.807) is 0 Å². The van der Waals surface area contributed by atoms with E-state index in [4.69, 9.17) is 15.0 Å². The van der Waals surface area contributed by atoms with Crippen LogP contribution in [0, 0.1) is 0 Å². The molecule has 0 amide bonds. The van der Waals surface area contributed by atoms with Crippen LogP contribution in [0.2, 0.25) is 0 Å². The maximum Gasteiger partial charge on any atom is 0.496 e. The lowest BCUT2D eigenvalue weighted by molar-refractivity contribution is 0.00578. The van der Waals surface area contributed by atoms with Crippen molar-refractivity contribution in [1.82, 2.24) is 0 Å². The first kappa shape index (κ1) is 22.5. The molecule has 0 radical (unpaired) electrons. The zero-order valence-electron chi connectivity index (χ0n) is 15.9. The zero-order valence-corrected chi connectivity index (χ0v) is 15.9. The van der Waals surface area contributed by atoms with Crippen LogP contribution in [0.4, 0.5) is 0 Å². The van der Waals surface area contributed by atoms with E-state index in [1.807, 2.05) is 55.4 Å². The molecule has 124 valence electrons. The van der Waals surface area contributed by atoms with E-state index in [0.29, 0.717) is 5.70 Å². The molecule has 1 saturated heterocycles. The molecule has 1 aliphatic rings. The van der Waals surface area contributed by atoms with Gasteiger partial charge in [-0.05, 0) is 41.5 Å². The van der Waals surface area contributed by atoms with E-state index in [-0.39, 0.29) is 11.2 Å². The fraction of sp³-hybridized carbons (Fsp3) is 0.765. The van der Waals surface area contributed by atoms with E-state index < -0.39 is 7.12 Å². The molecule has 2 N–H and O–H groups in total. The van der Waals surface area contributed by atoms with Gasteiger partial charge in [0.15, 0.2) is 0 Å². The van der Waals surface area contributed by atoms with E-state index in [0.717, 1.165) is 11.0 Å². The van der Waals surface area contributed by atoms with Crippen LogP contribution in [-0.4, -0.2) is 18.3 Å². The van der Waals surface area contributed by atoms with Gasteiger partial charge in [0.2, 0.25) is 0 Å². The van der Waals surface area contributed by atoms with E-state index in [9.17, 15) is 0 Å². The highest BCUT2D eigenvalue weighted by atomic mass is 16.7. The molecule has 0 bridgehead atoms. The molecule has 1 heterocycles. The standard InChI is InChI=1S/C12H22BNO2.C3H8.C2H6/c1-8(2)10(9(3)14)13-15-11(4,5)12(6,7)16-13;1-3-2;1-2/h1,14H2,2-7H3;3H2,1-2H3;1-2H3/b10-9+;;. The number of hydrogen-bond donors (Lipinski definition) is 1. The summed E-state index contributed by atoms with van der Waals surface area (Å²) in [6.45, 7) is 24.0. The van der Waals surface area contributed by atoms with Crippen LogP contribution in [0.5, 0.6) is 0 Å². The van der Waals surface area contributed by atoms with Crippen LogP contribution in [0.1, 0.15) is 75.7 Å². The fourth-order valence-corrected chi connectivity index (χ4v) is 1.68. The van der Waals surface area contributed by atoms with Crippen LogP contribution in [0.3, 0.4) is 0 Å². The summed E-state index contributed by atoms with van der Waals surface area (Å²) in [6.07, 6.45) is 1.25. The molecule has 1 fully saturated rings. The van der Waals surface area contributed by atoms with Crippen molar-refractivity contribution in [2.75, 3.05) is 0 Å². The molecule has 0 aromatic rings. The van der Waals surface area contributed by atoms with Crippen LogP contribution in [0.15, 0.2) is 23.3 Å². The smallest absolute Gasteiger partial charge is 0.403 e. The summed E-state index contributed by atoms with van der Waals surface area (Å²) in [5, 5.41) is 0. The Hall–Kier alpha value is -0.735. The van der Waals surface area contributed by atoms with Crippen molar-refractivity contribution >= 4 is 7.12 Å². The normalized spacial score (nSPS) is 19.6. The van der Waals surface area contributed by atoms with Crippen molar-refractivity contribution in [1.29, 1.82) is 0 Å². The molecule has 0 unspecified atom stereocenters. The first-order valence-electron chi connectivity index (χ1n) is 7.97. The fourth-order valence-electron chi connectivity index (χ4n) is 1.68. The average molecular weight is 297 g/mol. The summed E-state index contributed by atoms with van der Waals surface area (Å²) in [7, 11) is -0.410. The van der Waals surface area contributed by atoms with Gasteiger partial charge in [0, 0.05) is 11.2 Å². The van der Waals surface area contributed by atoms with Gasteiger partial charge >= 0.3 is 7.12 Å². The third-order valence-corrected chi connectivity index (χ3v) is 3.37. The van der Waals surface area contributed by atoms with Crippen molar-refractivity contribution in [2.45, 2.75) is 86.9 Å². The average Bonchev–Trinajstić information content (AvgIpc) is 2.50. The second kappa shape index (κ2) is 9.32. The highest BCUT2D eigenvalue weighted by Crippen LogP contribution is 2.39. The highest BCUT2D eigenvalue weighted by molar-refractivity contribution is 6.56. The van der Waals surface area contributed by atoms with Crippen LogP contribution < -0.4 is 5.73 Å². The quantitative estimate of drug-likeness (QED) is 0.584. The molecule has 1 rings (SSSR count). The summed E-state index contributed by atoms with van der Waals surface area (Å²) < 4.78 is 11.9. The van der Waals surface area contributed by atoms with Crippen molar-refractivity contribution in [3.63, 3.8) is 0 Å². The van der Waals surface area contributed by atoms with Gasteiger partial charge in [-0.2, -0.15) is 0 Å². The number of nitrogens with two attached hydrogens (primary N) is 1. The van der Waals surface area contributed by atoms with Gasteiger partial charge in [0.25, 0.3) is 0 Å². The topological polar surface area (TPSA) is 44.5 Å². The van der Waals surface area contributed by atoms with Gasteiger partial charge in [-0.25, -0.2) is 0 Å². The first-order chi connectivity index (χ1) is 9.50. The summed E-state index contributed by atoms with van der Waals surface area (Å²) in [5.74, 6) is 0. The maximum atomic E-state index is 5.93. The monoisotopic (exact) mass is 297 g/mol. The van der Waals surface area contributed by atoms with Gasteiger partial charge in [-0.1, -0.05) is 46.3 Å². The molecule has 0 saturated carbocycles. The molecular weight excluding hydrogens is 261 g/mol. The van der Waals surface area contributed by atoms with Gasteiger partial charge < -0.3 is 15.0 Å². The number of allylic oxidation sites excluding steroid dienone is 3. The summed E-state index contributed by atoms with van der Waals surface area (Å²) in [6, 6.07) is 0. The molecular formula is C17H36BNO2. The Labute approximate surface area is 133 Å². The summed E-state index contributed by atoms with van der Waals surface area (Å²) in [4.78, 5) is 0. The van der Waals surface area contributed by atoms with Crippen molar-refractivity contribution < 1.29 is 9.31 Å². The number of hydrogen-bond acceptors (Lipinski definition) is 3. The van der Waals surface area contributed by atoms with Crippen molar-refractivity contribution in [3.05, 3.63) is 23.3 Å². The molecule has 21 heavy (non-hydrogen) atoms. The lowest BCUT2D eigenvalue weighted by Crippen LogP contribution is -2.41. The minimum atomic E-state index is -0.410. The molecule has 1 aliphatic heterocycles. The van der Waals surface area contributed by atoms with Crippen LogP contribution in [0.25, 0.3) is 0 Å². The lowest BCUT2D eigenvalue weighted by Gasteiger charge is -2.32. The zero-order chi connectivity index (χ0) is 17.4. The van der Waals surface area contributed by atoms with Crippen molar-refractivity contribution in [2.24, 2.45) is 5.73 Å². The third kappa shape index (κ3) is 6.27. The first-order valence-corrected chi connectivity index (χ1v) is 7.97. The maximum absolute atomic E-state index is 5.93. The molecule has 0 aromatic carbocycles. The Morgan fingerprint density at radius 1 is 1.00 bits per heavy atom. The van der Waals surface area contributed by atoms with Gasteiger partial charge in [0.05, 0.1) is 11.2 Å². The van der Waals surface area contributed by atoms with E-state index in [1.165, 1.54) is 6.42 Å². The molecule has 0 atom stereocenters. The Balaban J connectivity index is 0. The number of rotatable bonds is 2. The molecule has 4 heteroatoms. The summed E-state index contributed by atoms with van der Waals surface area (Å²) >= 11 is 0. The van der Waals surface area contributed by atoms with E-state index in [2.05, 4.69) is 20.4 Å². The SMILES string of the molecule is C=C(C)/C(B1OC(C)(C)C(C)(C)O1)=C(/C)N.CC.CCC. The second-order valence-corrected chi connectivity index (χ2v) is 6.17. The second-order valence-electron chi connectivity index (χ2n) is 6.17. The minimum absolute atomic E-state index is 0.339. The molecule has 3 nitrogen and oxygen atoms in total. The van der Waals surface area contributed by atoms with Crippen LogP contribution in [-0.2, 0) is 9.31 Å². The Morgan fingerprint density at radius 2 is 1.29 bits per heavy atom. The van der Waals surface area contributed by atoms with Gasteiger partial charge in [0.1, 0.15) is 0 Å². The molecule has 0 aliphatic carbocycles. The Morgan fingerprint density at radius 3 is 1.48 bits per heavy atom.